The largest absolute Gasteiger partial charge is 0.381 e. The summed E-state index contributed by atoms with van der Waals surface area (Å²) in [4.78, 5) is 12.9. The number of imidazole rings is 2. The molecule has 0 atom stereocenters. The Morgan fingerprint density at radius 3 is 2.95 bits per heavy atom. The maximum Gasteiger partial charge on any atom is 0.224 e. The van der Waals surface area contributed by atoms with Gasteiger partial charge in [0.2, 0.25) is 11.1 Å². The molecule has 0 amide bonds. The maximum absolute atomic E-state index is 5.93. The fourth-order valence-corrected chi connectivity index (χ4v) is 2.86. The molecule has 0 saturated carbocycles. The molecule has 1 fully saturated rings. The molecule has 7 heteroatoms. The van der Waals surface area contributed by atoms with E-state index in [2.05, 4.69) is 19.5 Å². The zero-order chi connectivity index (χ0) is 12.8. The minimum absolute atomic E-state index is 0.265. The molecule has 0 aliphatic carbocycles. The van der Waals surface area contributed by atoms with Crippen molar-refractivity contribution in [3.05, 3.63) is 23.9 Å². The van der Waals surface area contributed by atoms with Gasteiger partial charge in [0.05, 0.1) is 6.20 Å². The molecule has 0 aromatic carbocycles. The number of fused-ring (bicyclic) bond motifs is 3. The average Bonchev–Trinajstić information content (AvgIpc) is 2.99. The van der Waals surface area contributed by atoms with Crippen molar-refractivity contribution >= 4 is 28.5 Å². The predicted octanol–water partition coefficient (Wildman–Crippen LogP) is 2.08. The van der Waals surface area contributed by atoms with E-state index in [0.29, 0.717) is 6.04 Å². The summed E-state index contributed by atoms with van der Waals surface area (Å²) in [5.74, 6) is 0.887. The third kappa shape index (κ3) is 1.63. The monoisotopic (exact) mass is 277 g/mol. The Hall–Kier alpha value is -1.66. The number of aromatic nitrogens is 5. The first kappa shape index (κ1) is 11.2. The zero-order valence-corrected chi connectivity index (χ0v) is 10.9. The Morgan fingerprint density at radius 1 is 1.26 bits per heavy atom. The van der Waals surface area contributed by atoms with E-state index in [4.69, 9.17) is 16.3 Å². The topological polar surface area (TPSA) is 57.2 Å². The van der Waals surface area contributed by atoms with Gasteiger partial charge in [-0.2, -0.15) is 4.98 Å². The molecule has 0 N–H and O–H groups in total. The molecular weight excluding hydrogens is 266 g/mol. The molecule has 3 aromatic heterocycles. The summed E-state index contributed by atoms with van der Waals surface area (Å²) >= 11 is 5.93. The number of nitrogens with zero attached hydrogens (tertiary/aromatic N) is 5. The molecule has 0 spiro atoms. The molecule has 19 heavy (non-hydrogen) atoms. The summed E-state index contributed by atoms with van der Waals surface area (Å²) in [6.45, 7) is 1.55. The molecule has 4 rings (SSSR count). The van der Waals surface area contributed by atoms with E-state index < -0.39 is 0 Å². The van der Waals surface area contributed by atoms with Crippen LogP contribution in [0.2, 0.25) is 5.28 Å². The first-order valence-corrected chi connectivity index (χ1v) is 6.65. The van der Waals surface area contributed by atoms with Gasteiger partial charge in [-0.25, -0.2) is 9.97 Å². The lowest BCUT2D eigenvalue weighted by atomic mass is 10.1. The Balaban J connectivity index is 2.02. The first-order valence-electron chi connectivity index (χ1n) is 6.28. The van der Waals surface area contributed by atoms with E-state index in [1.54, 1.807) is 12.4 Å². The molecule has 1 aliphatic heterocycles. The van der Waals surface area contributed by atoms with E-state index in [9.17, 15) is 0 Å². The first-order chi connectivity index (χ1) is 9.34. The second-order valence-electron chi connectivity index (χ2n) is 4.66. The van der Waals surface area contributed by atoms with Crippen LogP contribution in [0.25, 0.3) is 16.9 Å². The Morgan fingerprint density at radius 2 is 2.11 bits per heavy atom. The van der Waals surface area contributed by atoms with E-state index in [1.807, 2.05) is 10.6 Å². The normalized spacial score (nSPS) is 17.5. The molecule has 6 nitrogen and oxygen atoms in total. The summed E-state index contributed by atoms with van der Waals surface area (Å²) in [6.07, 6.45) is 7.39. The third-order valence-corrected chi connectivity index (χ3v) is 3.78. The smallest absolute Gasteiger partial charge is 0.224 e. The lowest BCUT2D eigenvalue weighted by molar-refractivity contribution is 0.0713. The quantitative estimate of drug-likeness (QED) is 0.639. The van der Waals surface area contributed by atoms with Crippen LogP contribution in [0.5, 0.6) is 0 Å². The molecule has 4 heterocycles. The van der Waals surface area contributed by atoms with Crippen molar-refractivity contribution in [2.24, 2.45) is 0 Å². The summed E-state index contributed by atoms with van der Waals surface area (Å²) < 4.78 is 9.59. The van der Waals surface area contributed by atoms with E-state index in [0.717, 1.165) is 43.0 Å². The van der Waals surface area contributed by atoms with Gasteiger partial charge in [-0.15, -0.1) is 0 Å². The maximum atomic E-state index is 5.93. The van der Waals surface area contributed by atoms with Gasteiger partial charge in [-0.05, 0) is 24.4 Å². The average molecular weight is 278 g/mol. The minimum Gasteiger partial charge on any atom is -0.381 e. The molecule has 3 aromatic rings. The van der Waals surface area contributed by atoms with Crippen LogP contribution in [0.1, 0.15) is 18.9 Å². The summed E-state index contributed by atoms with van der Waals surface area (Å²) in [5, 5.41) is 0.265. The lowest BCUT2D eigenvalue weighted by Gasteiger charge is -2.23. The Labute approximate surface area is 114 Å². The Bertz CT molecular complexity index is 743. The van der Waals surface area contributed by atoms with Crippen LogP contribution < -0.4 is 0 Å². The predicted molar refractivity (Wildman–Crippen MR) is 70.4 cm³/mol. The highest BCUT2D eigenvalue weighted by molar-refractivity contribution is 6.28. The van der Waals surface area contributed by atoms with E-state index >= 15 is 0 Å². The minimum atomic E-state index is 0.265. The van der Waals surface area contributed by atoms with Gasteiger partial charge in [-0.3, -0.25) is 8.97 Å². The number of hydrogen-bond acceptors (Lipinski definition) is 4. The van der Waals surface area contributed by atoms with Gasteiger partial charge in [0.1, 0.15) is 5.52 Å². The SMILES string of the molecule is Clc1ncc2c(n1)n(C1CCOCC1)c1nccn21. The van der Waals surface area contributed by atoms with Crippen molar-refractivity contribution in [2.75, 3.05) is 13.2 Å². The second kappa shape index (κ2) is 4.18. The summed E-state index contributed by atoms with van der Waals surface area (Å²) in [7, 11) is 0. The molecule has 0 unspecified atom stereocenters. The van der Waals surface area contributed by atoms with Crippen molar-refractivity contribution in [2.45, 2.75) is 18.9 Å². The Kier molecular flexibility index (Phi) is 2.46. The lowest BCUT2D eigenvalue weighted by Crippen LogP contribution is -2.20. The molecule has 98 valence electrons. The van der Waals surface area contributed by atoms with Crippen molar-refractivity contribution < 1.29 is 4.74 Å². The van der Waals surface area contributed by atoms with Crippen molar-refractivity contribution in [1.82, 2.24) is 23.9 Å². The fourth-order valence-electron chi connectivity index (χ4n) is 2.73. The number of hydrogen-bond donors (Lipinski definition) is 0. The second-order valence-corrected chi connectivity index (χ2v) is 5.00. The number of rotatable bonds is 1. The van der Waals surface area contributed by atoms with Crippen LogP contribution in [-0.2, 0) is 4.74 Å². The third-order valence-electron chi connectivity index (χ3n) is 3.60. The highest BCUT2D eigenvalue weighted by atomic mass is 35.5. The van der Waals surface area contributed by atoms with Crippen LogP contribution in [0, 0.1) is 0 Å². The van der Waals surface area contributed by atoms with Crippen molar-refractivity contribution in [1.29, 1.82) is 0 Å². The van der Waals surface area contributed by atoms with Crippen LogP contribution in [-0.4, -0.2) is 37.1 Å². The van der Waals surface area contributed by atoms with Gasteiger partial charge < -0.3 is 4.74 Å². The van der Waals surface area contributed by atoms with Crippen LogP contribution >= 0.6 is 11.6 Å². The van der Waals surface area contributed by atoms with Crippen LogP contribution in [0.15, 0.2) is 18.6 Å². The van der Waals surface area contributed by atoms with Gasteiger partial charge >= 0.3 is 0 Å². The fraction of sp³-hybridized carbons (Fsp3) is 0.417. The van der Waals surface area contributed by atoms with Gasteiger partial charge in [0.15, 0.2) is 5.65 Å². The zero-order valence-electron chi connectivity index (χ0n) is 10.2. The van der Waals surface area contributed by atoms with Crippen molar-refractivity contribution in [3.8, 4) is 0 Å². The highest BCUT2D eigenvalue weighted by Crippen LogP contribution is 2.28. The summed E-state index contributed by atoms with van der Waals surface area (Å²) in [6, 6.07) is 0.349. The number of halogens is 1. The molecule has 0 bridgehead atoms. The van der Waals surface area contributed by atoms with Crippen LogP contribution in [0.3, 0.4) is 0 Å². The van der Waals surface area contributed by atoms with E-state index in [1.165, 1.54) is 0 Å². The van der Waals surface area contributed by atoms with Crippen LogP contribution in [0.4, 0.5) is 0 Å². The van der Waals surface area contributed by atoms with Gasteiger partial charge in [-0.1, -0.05) is 0 Å². The summed E-state index contributed by atoms with van der Waals surface area (Å²) in [5.41, 5.74) is 1.78. The molecule has 1 saturated heterocycles. The van der Waals surface area contributed by atoms with Gasteiger partial charge in [0.25, 0.3) is 0 Å². The number of ether oxygens (including phenoxy) is 1. The standard InChI is InChI=1S/C12H12ClN5O/c13-11-15-7-9-10(16-11)18(8-1-5-19-6-2-8)12-14-3-4-17(9)12/h3-4,7-8H,1-2,5-6H2. The molecule has 0 radical (unpaired) electrons. The van der Waals surface area contributed by atoms with E-state index in [-0.39, 0.29) is 5.28 Å². The molecular formula is C12H12ClN5O. The van der Waals surface area contributed by atoms with Crippen molar-refractivity contribution in [3.63, 3.8) is 0 Å². The molecule has 1 aliphatic rings. The van der Waals surface area contributed by atoms with Gasteiger partial charge in [0, 0.05) is 31.6 Å². The highest BCUT2D eigenvalue weighted by Gasteiger charge is 2.23.